The Bertz CT molecular complexity index is 1720. The van der Waals surface area contributed by atoms with Crippen molar-refractivity contribution in [3.63, 3.8) is 0 Å². The van der Waals surface area contributed by atoms with Gasteiger partial charge in [-0.1, -0.05) is 121 Å². The molecule has 0 aliphatic rings. The predicted octanol–water partition coefficient (Wildman–Crippen LogP) is 7.08. The van der Waals surface area contributed by atoms with Gasteiger partial charge < -0.3 is 34.5 Å². The number of hydrogen-bond donors (Lipinski definition) is 7. The van der Waals surface area contributed by atoms with Gasteiger partial charge in [-0.05, 0) is 44.5 Å². The standard InChI is InChI=1S/C32H22O.2H3O3P/c33-32-28-18-10-9-17-27(28)29(23-12-3-1-4-13-23)30(24-14-5-2-6-15-24)31(32)26-20-19-22-11-7-8-16-25(22)21-26;2*1-4(2)3/h1-21,33H;2*1-3H. The smallest absolute Gasteiger partial charge is 0.324 e. The molecule has 0 saturated heterocycles. The highest BCUT2D eigenvalue weighted by Gasteiger charge is 2.22. The summed E-state index contributed by atoms with van der Waals surface area (Å²) in [5.41, 5.74) is 6.28. The first-order valence-corrected chi connectivity index (χ1v) is 14.8. The zero-order chi connectivity index (χ0) is 29.4. The number of phenolic OH excluding ortho intramolecular Hbond substituents is 1. The molecule has 6 aromatic rings. The van der Waals surface area contributed by atoms with Crippen molar-refractivity contribution in [2.24, 2.45) is 0 Å². The average molecular weight is 587 g/mol. The molecule has 9 heteroatoms. The fourth-order valence-corrected chi connectivity index (χ4v) is 4.84. The van der Waals surface area contributed by atoms with E-state index in [9.17, 15) is 5.11 Å². The van der Waals surface area contributed by atoms with Crippen molar-refractivity contribution < 1.29 is 34.5 Å². The molecule has 0 atom stereocenters. The quantitative estimate of drug-likeness (QED) is 0.110. The van der Waals surface area contributed by atoms with E-state index in [2.05, 4.69) is 97.1 Å². The van der Waals surface area contributed by atoms with Crippen LogP contribution in [-0.2, 0) is 0 Å². The van der Waals surface area contributed by atoms with Crippen molar-refractivity contribution in [1.82, 2.24) is 0 Å². The lowest BCUT2D eigenvalue weighted by molar-refractivity contribution is 0.366. The molecule has 0 unspecified atom stereocenters. The Morgan fingerprint density at radius 2 is 0.805 bits per heavy atom. The largest absolute Gasteiger partial charge is 0.507 e. The van der Waals surface area contributed by atoms with E-state index < -0.39 is 17.2 Å². The zero-order valence-electron chi connectivity index (χ0n) is 21.6. The summed E-state index contributed by atoms with van der Waals surface area (Å²) in [6.07, 6.45) is 0. The van der Waals surface area contributed by atoms with E-state index in [1.165, 1.54) is 5.39 Å². The second-order valence-corrected chi connectivity index (χ2v) is 9.92. The minimum atomic E-state index is -2.62. The third-order valence-electron chi connectivity index (χ3n) is 6.35. The summed E-state index contributed by atoms with van der Waals surface area (Å²) in [5.74, 6) is 0.319. The Morgan fingerprint density at radius 3 is 1.37 bits per heavy atom. The number of phenols is 1. The van der Waals surface area contributed by atoms with Gasteiger partial charge in [0, 0.05) is 16.5 Å². The fraction of sp³-hybridized carbons (Fsp3) is 0. The van der Waals surface area contributed by atoms with Gasteiger partial charge in [-0.3, -0.25) is 0 Å². The maximum Gasteiger partial charge on any atom is 0.324 e. The molecule has 6 aromatic carbocycles. The van der Waals surface area contributed by atoms with Crippen LogP contribution in [0.4, 0.5) is 0 Å². The van der Waals surface area contributed by atoms with Crippen molar-refractivity contribution in [2.75, 3.05) is 0 Å². The number of rotatable bonds is 3. The van der Waals surface area contributed by atoms with Crippen LogP contribution in [0.15, 0.2) is 127 Å². The van der Waals surface area contributed by atoms with Crippen molar-refractivity contribution in [3.8, 4) is 39.1 Å². The number of fused-ring (bicyclic) bond motifs is 2. The van der Waals surface area contributed by atoms with Crippen LogP contribution in [0, 0.1) is 0 Å². The summed E-state index contributed by atoms with van der Waals surface area (Å²) in [5, 5.41) is 15.9. The molecule has 0 amide bonds. The monoisotopic (exact) mass is 586 g/mol. The van der Waals surface area contributed by atoms with Gasteiger partial charge in [0.1, 0.15) is 5.75 Å². The third-order valence-corrected chi connectivity index (χ3v) is 6.35. The molecule has 208 valence electrons. The molecule has 6 rings (SSSR count). The lowest BCUT2D eigenvalue weighted by Crippen LogP contribution is -1.94. The van der Waals surface area contributed by atoms with Gasteiger partial charge >= 0.3 is 17.2 Å². The van der Waals surface area contributed by atoms with Crippen LogP contribution in [0.1, 0.15) is 0 Å². The van der Waals surface area contributed by atoms with Crippen LogP contribution in [0.2, 0.25) is 0 Å². The summed E-state index contributed by atoms with van der Waals surface area (Å²) in [4.78, 5) is 43.4. The highest BCUT2D eigenvalue weighted by molar-refractivity contribution is 7.38. The molecule has 7 nitrogen and oxygen atoms in total. The molecule has 0 saturated carbocycles. The van der Waals surface area contributed by atoms with Gasteiger partial charge in [-0.2, -0.15) is 0 Å². The summed E-state index contributed by atoms with van der Waals surface area (Å²) < 4.78 is 0. The van der Waals surface area contributed by atoms with E-state index in [-0.39, 0.29) is 0 Å². The van der Waals surface area contributed by atoms with Crippen LogP contribution in [0.25, 0.3) is 54.9 Å². The molecule has 41 heavy (non-hydrogen) atoms. The van der Waals surface area contributed by atoms with Gasteiger partial charge in [0.2, 0.25) is 0 Å². The van der Waals surface area contributed by atoms with E-state index in [0.29, 0.717) is 5.75 Å². The van der Waals surface area contributed by atoms with Gasteiger partial charge in [-0.25, -0.2) is 0 Å². The lowest BCUT2D eigenvalue weighted by Gasteiger charge is -2.21. The molecular formula is C32H28O7P2. The second kappa shape index (κ2) is 14.2. The maximum absolute atomic E-state index is 11.7. The fourth-order valence-electron chi connectivity index (χ4n) is 4.84. The van der Waals surface area contributed by atoms with Crippen LogP contribution < -0.4 is 0 Å². The van der Waals surface area contributed by atoms with Crippen LogP contribution in [0.5, 0.6) is 5.75 Å². The second-order valence-electron chi connectivity index (χ2n) is 8.85. The van der Waals surface area contributed by atoms with Crippen molar-refractivity contribution in [1.29, 1.82) is 0 Å². The molecule has 0 spiro atoms. The first kappa shape index (κ1) is 30.2. The van der Waals surface area contributed by atoms with E-state index >= 15 is 0 Å². The van der Waals surface area contributed by atoms with E-state index in [1.807, 2.05) is 30.3 Å². The van der Waals surface area contributed by atoms with Crippen LogP contribution in [0.3, 0.4) is 0 Å². The Labute approximate surface area is 239 Å². The summed E-state index contributed by atoms with van der Waals surface area (Å²) in [6, 6.07) is 43.8. The Balaban J connectivity index is 0.000000432. The SMILES string of the molecule is OP(O)O.OP(O)O.Oc1c(-c2ccc3ccccc3c2)c(-c2ccccc2)c(-c2ccccc2)c2ccccc12. The van der Waals surface area contributed by atoms with Crippen LogP contribution >= 0.6 is 17.2 Å². The predicted molar refractivity (Wildman–Crippen MR) is 167 cm³/mol. The minimum Gasteiger partial charge on any atom is -0.507 e. The molecule has 0 aliphatic carbocycles. The van der Waals surface area contributed by atoms with Crippen molar-refractivity contribution in [2.45, 2.75) is 0 Å². The molecule has 0 fully saturated rings. The molecule has 0 aliphatic heterocycles. The molecule has 0 aromatic heterocycles. The topological polar surface area (TPSA) is 142 Å². The van der Waals surface area contributed by atoms with Gasteiger partial charge in [0.25, 0.3) is 0 Å². The van der Waals surface area contributed by atoms with Crippen molar-refractivity contribution in [3.05, 3.63) is 127 Å². The highest BCUT2D eigenvalue weighted by Crippen LogP contribution is 2.50. The zero-order valence-corrected chi connectivity index (χ0v) is 23.4. The summed E-state index contributed by atoms with van der Waals surface area (Å²) >= 11 is 0. The number of hydrogen-bond acceptors (Lipinski definition) is 7. The van der Waals surface area contributed by atoms with Gasteiger partial charge in [-0.15, -0.1) is 0 Å². The lowest BCUT2D eigenvalue weighted by atomic mass is 9.83. The molecule has 0 bridgehead atoms. The third kappa shape index (κ3) is 7.51. The molecular weight excluding hydrogens is 558 g/mol. The van der Waals surface area contributed by atoms with E-state index in [4.69, 9.17) is 29.4 Å². The molecule has 0 heterocycles. The van der Waals surface area contributed by atoms with Crippen molar-refractivity contribution >= 4 is 38.7 Å². The normalized spacial score (nSPS) is 10.7. The Kier molecular flexibility index (Phi) is 10.5. The van der Waals surface area contributed by atoms with E-state index in [0.717, 1.165) is 49.5 Å². The van der Waals surface area contributed by atoms with Gasteiger partial charge in [0.05, 0.1) is 0 Å². The average Bonchev–Trinajstić information content (AvgIpc) is 2.97. The number of aromatic hydroxyl groups is 1. The Hall–Kier alpha value is -3.74. The summed E-state index contributed by atoms with van der Waals surface area (Å²) in [6.45, 7) is 0. The first-order valence-electron chi connectivity index (χ1n) is 12.4. The van der Waals surface area contributed by atoms with E-state index in [1.54, 1.807) is 0 Å². The Morgan fingerprint density at radius 1 is 0.366 bits per heavy atom. The first-order chi connectivity index (χ1) is 19.8. The highest BCUT2D eigenvalue weighted by atomic mass is 31.2. The van der Waals surface area contributed by atoms with Crippen LogP contribution in [-0.4, -0.2) is 34.5 Å². The number of benzene rings is 6. The maximum atomic E-state index is 11.7. The summed E-state index contributed by atoms with van der Waals surface area (Å²) in [7, 11) is -5.24. The minimum absolute atomic E-state index is 0.319. The molecule has 7 N–H and O–H groups in total. The molecule has 0 radical (unpaired) electrons. The van der Waals surface area contributed by atoms with Gasteiger partial charge in [0.15, 0.2) is 0 Å².